The largest absolute Gasteiger partial charge is 0.507 e. The topological polar surface area (TPSA) is 203 Å². The van der Waals surface area contributed by atoms with Crippen molar-refractivity contribution in [1.82, 2.24) is 10.6 Å². The second kappa shape index (κ2) is 11.8. The molecule has 3 aromatic carbocycles. The van der Waals surface area contributed by atoms with Gasteiger partial charge in [-0.2, -0.15) is 0 Å². The number of aromatic hydroxyl groups is 3. The Bertz CT molecular complexity index is 1450. The minimum atomic E-state index is -1.51. The van der Waals surface area contributed by atoms with E-state index in [2.05, 4.69) is 10.6 Å². The number of ketones is 1. The fourth-order valence-electron chi connectivity index (χ4n) is 4.31. The van der Waals surface area contributed by atoms with E-state index in [0.717, 1.165) is 37.2 Å². The van der Waals surface area contributed by atoms with Crippen molar-refractivity contribution in [2.75, 3.05) is 13.1 Å². The number of ether oxygens (including phenoxy) is 1. The van der Waals surface area contributed by atoms with Crippen LogP contribution in [-0.2, 0) is 0 Å². The summed E-state index contributed by atoms with van der Waals surface area (Å²) in [5.74, 6) is -6.45. The van der Waals surface area contributed by atoms with Crippen LogP contribution in [-0.4, -0.2) is 74.4 Å². The van der Waals surface area contributed by atoms with Crippen LogP contribution < -0.4 is 15.4 Å². The average Bonchev–Trinajstić information content (AvgIpc) is 3.11. The van der Waals surface area contributed by atoms with E-state index in [1.54, 1.807) is 0 Å². The van der Waals surface area contributed by atoms with Crippen LogP contribution in [0, 0.1) is 0 Å². The summed E-state index contributed by atoms with van der Waals surface area (Å²) in [5.41, 5.74) is -1.99. The number of aliphatic hydroxyl groups excluding tert-OH is 1. The molecule has 1 aliphatic rings. The Kier molecular flexibility index (Phi) is 8.31. The van der Waals surface area contributed by atoms with E-state index >= 15 is 0 Å². The Morgan fingerprint density at radius 2 is 1.55 bits per heavy atom. The van der Waals surface area contributed by atoms with E-state index < -0.39 is 69.7 Å². The number of amides is 1. The van der Waals surface area contributed by atoms with Gasteiger partial charge in [-0.1, -0.05) is 6.07 Å². The van der Waals surface area contributed by atoms with Gasteiger partial charge in [-0.15, -0.1) is 0 Å². The third kappa shape index (κ3) is 6.03. The van der Waals surface area contributed by atoms with Crippen LogP contribution in [0.5, 0.6) is 23.0 Å². The molecule has 208 valence electrons. The normalized spacial score (nSPS) is 16.9. The first-order valence-electron chi connectivity index (χ1n) is 12.2. The molecule has 3 aromatic rings. The molecule has 40 heavy (non-hydrogen) atoms. The van der Waals surface area contributed by atoms with Crippen LogP contribution in [0.3, 0.4) is 0 Å². The number of aromatic carboxylic acids is 1. The lowest BCUT2D eigenvalue weighted by Crippen LogP contribution is -2.47. The van der Waals surface area contributed by atoms with E-state index in [-0.39, 0.29) is 16.9 Å². The third-order valence-corrected chi connectivity index (χ3v) is 6.39. The molecule has 1 fully saturated rings. The van der Waals surface area contributed by atoms with Gasteiger partial charge in [0.25, 0.3) is 5.91 Å². The number of rotatable bonds is 7. The molecule has 1 heterocycles. The van der Waals surface area contributed by atoms with Crippen LogP contribution in [0.2, 0.25) is 0 Å². The Hall–Kier alpha value is -4.94. The highest BCUT2D eigenvalue weighted by molar-refractivity contribution is 6.18. The summed E-state index contributed by atoms with van der Waals surface area (Å²) in [5, 5.41) is 56.3. The highest BCUT2D eigenvalue weighted by Crippen LogP contribution is 2.35. The second-order valence-corrected chi connectivity index (χ2v) is 9.13. The van der Waals surface area contributed by atoms with E-state index in [9.17, 15) is 44.7 Å². The molecule has 0 radical (unpaired) electrons. The smallest absolute Gasteiger partial charge is 0.343 e. The van der Waals surface area contributed by atoms with Crippen molar-refractivity contribution in [1.29, 1.82) is 0 Å². The zero-order chi connectivity index (χ0) is 29.0. The first-order chi connectivity index (χ1) is 19.1. The summed E-state index contributed by atoms with van der Waals surface area (Å²) >= 11 is 0. The van der Waals surface area contributed by atoms with Crippen molar-refractivity contribution in [2.45, 2.75) is 25.0 Å². The molecule has 0 bridgehead atoms. The molecule has 7 N–H and O–H groups in total. The zero-order valence-corrected chi connectivity index (χ0v) is 21.0. The Morgan fingerprint density at radius 3 is 2.20 bits per heavy atom. The van der Waals surface area contributed by atoms with Gasteiger partial charge >= 0.3 is 11.9 Å². The highest BCUT2D eigenvalue weighted by Gasteiger charge is 2.28. The van der Waals surface area contributed by atoms with Crippen molar-refractivity contribution in [3.63, 3.8) is 0 Å². The van der Waals surface area contributed by atoms with Gasteiger partial charge < -0.3 is 40.9 Å². The van der Waals surface area contributed by atoms with Crippen LogP contribution >= 0.6 is 0 Å². The molecule has 12 nitrogen and oxygen atoms in total. The molecule has 1 amide bonds. The number of hydrogen-bond acceptors (Lipinski definition) is 10. The number of hydrogen-bond donors (Lipinski definition) is 7. The second-order valence-electron chi connectivity index (χ2n) is 9.13. The summed E-state index contributed by atoms with van der Waals surface area (Å²) in [7, 11) is 0. The van der Waals surface area contributed by atoms with Gasteiger partial charge in [0.15, 0.2) is 0 Å². The molecule has 1 saturated heterocycles. The van der Waals surface area contributed by atoms with Crippen molar-refractivity contribution < 1.29 is 49.4 Å². The average molecular weight is 551 g/mol. The Morgan fingerprint density at radius 1 is 0.875 bits per heavy atom. The van der Waals surface area contributed by atoms with Crippen molar-refractivity contribution in [2.24, 2.45) is 0 Å². The lowest BCUT2D eigenvalue weighted by Gasteiger charge is -2.21. The number of carboxylic acids is 1. The summed E-state index contributed by atoms with van der Waals surface area (Å²) in [6.45, 7) is 1.18. The minimum Gasteiger partial charge on any atom is -0.507 e. The SMILES string of the molecule is O=C(NC1CNCCCC1O)c1ccc(OC(=O)c2cc(O)c(C(=O)c3c(O)cccc3C(=O)O)c(O)c2)cc1. The van der Waals surface area contributed by atoms with Gasteiger partial charge in [0, 0.05) is 12.1 Å². The molecule has 2 atom stereocenters. The number of carbonyl (C=O) groups excluding carboxylic acids is 3. The molecule has 0 aromatic heterocycles. The zero-order valence-electron chi connectivity index (χ0n) is 21.0. The standard InChI is InChI=1S/C28H26N2O10/c31-19-5-2-10-29-13-18(19)30-26(36)14-6-8-16(9-7-14)40-28(39)15-11-21(33)24(22(34)12-15)25(35)23-17(27(37)38)3-1-4-20(23)32/h1,3-4,6-9,11-12,18-19,29,31-34H,2,5,10,13H2,(H,30,36)(H,37,38). The molecule has 0 saturated carbocycles. The van der Waals surface area contributed by atoms with Crippen LogP contribution in [0.4, 0.5) is 0 Å². The Balaban J connectivity index is 1.48. The maximum Gasteiger partial charge on any atom is 0.343 e. The summed E-state index contributed by atoms with van der Waals surface area (Å²) < 4.78 is 5.24. The van der Waals surface area contributed by atoms with Crippen LogP contribution in [0.15, 0.2) is 54.6 Å². The molecule has 1 aliphatic heterocycles. The molecule has 12 heteroatoms. The van der Waals surface area contributed by atoms with Crippen LogP contribution in [0.25, 0.3) is 0 Å². The minimum absolute atomic E-state index is 0.0390. The van der Waals surface area contributed by atoms with Crippen LogP contribution in [0.1, 0.15) is 59.8 Å². The predicted molar refractivity (Wildman–Crippen MR) is 139 cm³/mol. The van der Waals surface area contributed by atoms with E-state index in [1.165, 1.54) is 30.3 Å². The number of carbonyl (C=O) groups is 4. The van der Waals surface area contributed by atoms with Crippen molar-refractivity contribution >= 4 is 23.6 Å². The maximum atomic E-state index is 12.9. The highest BCUT2D eigenvalue weighted by atomic mass is 16.5. The third-order valence-electron chi connectivity index (χ3n) is 6.39. The van der Waals surface area contributed by atoms with Crippen molar-refractivity contribution in [3.05, 3.63) is 82.4 Å². The van der Waals surface area contributed by atoms with Gasteiger partial charge in [-0.05, 0) is 67.9 Å². The quantitative estimate of drug-likeness (QED) is 0.128. The number of aliphatic hydroxyl groups is 1. The summed E-state index contributed by atoms with van der Waals surface area (Å²) in [6, 6.07) is 10.2. The summed E-state index contributed by atoms with van der Waals surface area (Å²) in [4.78, 5) is 49.7. The maximum absolute atomic E-state index is 12.9. The van der Waals surface area contributed by atoms with Crippen molar-refractivity contribution in [3.8, 4) is 23.0 Å². The first kappa shape index (κ1) is 28.1. The molecule has 0 spiro atoms. The number of phenols is 3. The van der Waals surface area contributed by atoms with Gasteiger partial charge in [0.05, 0.1) is 28.8 Å². The molecule has 2 unspecified atom stereocenters. The number of phenolic OH excluding ortho intramolecular Hbond substituents is 3. The number of carboxylic acid groups (broad SMARTS) is 1. The Labute approximate surface area is 227 Å². The van der Waals surface area contributed by atoms with Gasteiger partial charge in [-0.3, -0.25) is 9.59 Å². The molecule has 4 rings (SSSR count). The number of nitrogens with one attached hydrogen (secondary N) is 2. The predicted octanol–water partition coefficient (Wildman–Crippen LogP) is 1.79. The summed E-state index contributed by atoms with van der Waals surface area (Å²) in [6.07, 6.45) is 0.682. The monoisotopic (exact) mass is 550 g/mol. The fourth-order valence-corrected chi connectivity index (χ4v) is 4.31. The molecular weight excluding hydrogens is 524 g/mol. The molecular formula is C28H26N2O10. The molecule has 0 aliphatic carbocycles. The fraction of sp³-hybridized carbons (Fsp3) is 0.214. The lowest BCUT2D eigenvalue weighted by molar-refractivity contribution is 0.0690. The van der Waals surface area contributed by atoms with Gasteiger partial charge in [0.1, 0.15) is 28.6 Å². The number of esters is 1. The van der Waals surface area contributed by atoms with Gasteiger partial charge in [-0.25, -0.2) is 9.59 Å². The first-order valence-corrected chi connectivity index (χ1v) is 12.2. The lowest BCUT2D eigenvalue weighted by atomic mass is 9.95. The van der Waals surface area contributed by atoms with E-state index in [4.69, 9.17) is 4.74 Å². The van der Waals surface area contributed by atoms with Gasteiger partial charge in [0.2, 0.25) is 5.78 Å². The van der Waals surface area contributed by atoms with E-state index in [1.807, 2.05) is 0 Å². The van der Waals surface area contributed by atoms with E-state index in [0.29, 0.717) is 13.0 Å². The number of benzene rings is 3.